The number of rotatable bonds is 5. The highest BCUT2D eigenvalue weighted by molar-refractivity contribution is 7.14. The van der Waals surface area contributed by atoms with Gasteiger partial charge in [0, 0.05) is 35.1 Å². The van der Waals surface area contributed by atoms with E-state index in [0.717, 1.165) is 42.4 Å². The normalized spacial score (nSPS) is 16.6. The fourth-order valence-corrected chi connectivity index (χ4v) is 4.61. The van der Waals surface area contributed by atoms with Crippen LogP contribution in [0.5, 0.6) is 0 Å². The zero-order valence-corrected chi connectivity index (χ0v) is 16.3. The molecule has 1 aliphatic rings. The lowest BCUT2D eigenvalue weighted by atomic mass is 9.74. The molecule has 0 saturated carbocycles. The summed E-state index contributed by atoms with van der Waals surface area (Å²) in [5, 5.41) is 3.90. The first-order valence-corrected chi connectivity index (χ1v) is 9.95. The highest BCUT2D eigenvalue weighted by Gasteiger charge is 2.35. The lowest BCUT2D eigenvalue weighted by molar-refractivity contribution is 0.0487. The van der Waals surface area contributed by atoms with Crippen molar-refractivity contribution in [1.82, 2.24) is 5.32 Å². The standard InChI is InChI=1S/C20H24ClNO2S/c1-3-15-12-18(25-14(15)2)19(23)22-13-20(8-10-24-11-9-20)16-4-6-17(21)7-5-16/h4-7,12H,3,8-11,13H2,1-2H3,(H,22,23). The Bertz CT molecular complexity index is 733. The minimum atomic E-state index is -0.0849. The Balaban J connectivity index is 1.76. The van der Waals surface area contributed by atoms with Crippen molar-refractivity contribution in [2.45, 2.75) is 38.5 Å². The fraction of sp³-hybridized carbons (Fsp3) is 0.450. The number of hydrogen-bond donors (Lipinski definition) is 1. The van der Waals surface area contributed by atoms with Crippen LogP contribution < -0.4 is 5.32 Å². The van der Waals surface area contributed by atoms with E-state index in [0.29, 0.717) is 6.54 Å². The maximum Gasteiger partial charge on any atom is 0.261 e. The van der Waals surface area contributed by atoms with Gasteiger partial charge >= 0.3 is 0 Å². The van der Waals surface area contributed by atoms with Gasteiger partial charge in [-0.2, -0.15) is 0 Å². The van der Waals surface area contributed by atoms with Crippen LogP contribution in [0, 0.1) is 6.92 Å². The molecule has 1 amide bonds. The molecule has 2 heterocycles. The summed E-state index contributed by atoms with van der Waals surface area (Å²) in [5.74, 6) is 0.0210. The summed E-state index contributed by atoms with van der Waals surface area (Å²) in [5.41, 5.74) is 2.39. The van der Waals surface area contributed by atoms with Crippen molar-refractivity contribution in [1.29, 1.82) is 0 Å². The van der Waals surface area contributed by atoms with Gasteiger partial charge in [-0.3, -0.25) is 4.79 Å². The Hall–Kier alpha value is -1.36. The van der Waals surface area contributed by atoms with Crippen LogP contribution in [0.2, 0.25) is 5.02 Å². The third-order valence-electron chi connectivity index (χ3n) is 5.12. The summed E-state index contributed by atoms with van der Waals surface area (Å²) in [6, 6.07) is 10.0. The topological polar surface area (TPSA) is 38.3 Å². The van der Waals surface area contributed by atoms with Gasteiger partial charge in [0.25, 0.3) is 5.91 Å². The number of amides is 1. The quantitative estimate of drug-likeness (QED) is 0.816. The van der Waals surface area contributed by atoms with Crippen LogP contribution in [0.4, 0.5) is 0 Å². The number of nitrogens with one attached hydrogen (secondary N) is 1. The van der Waals surface area contributed by atoms with E-state index in [4.69, 9.17) is 16.3 Å². The van der Waals surface area contributed by atoms with Crippen LogP contribution in [0.15, 0.2) is 30.3 Å². The molecule has 1 saturated heterocycles. The molecule has 0 aliphatic carbocycles. The highest BCUT2D eigenvalue weighted by Crippen LogP contribution is 2.35. The Morgan fingerprint density at radius 2 is 1.96 bits per heavy atom. The van der Waals surface area contributed by atoms with E-state index < -0.39 is 0 Å². The largest absolute Gasteiger partial charge is 0.381 e. The van der Waals surface area contributed by atoms with Crippen molar-refractivity contribution in [2.24, 2.45) is 0 Å². The third-order valence-corrected chi connectivity index (χ3v) is 6.46. The molecule has 0 bridgehead atoms. The van der Waals surface area contributed by atoms with Crippen LogP contribution >= 0.6 is 22.9 Å². The number of carbonyl (C=O) groups is 1. The second-order valence-electron chi connectivity index (χ2n) is 6.63. The van der Waals surface area contributed by atoms with Gasteiger partial charge < -0.3 is 10.1 Å². The van der Waals surface area contributed by atoms with Crippen molar-refractivity contribution in [2.75, 3.05) is 19.8 Å². The molecule has 1 N–H and O–H groups in total. The molecule has 1 aromatic heterocycles. The number of benzene rings is 1. The summed E-state index contributed by atoms with van der Waals surface area (Å²) in [4.78, 5) is 14.7. The predicted molar refractivity (Wildman–Crippen MR) is 104 cm³/mol. The number of hydrogen-bond acceptors (Lipinski definition) is 3. The van der Waals surface area contributed by atoms with Gasteiger partial charge in [-0.05, 0) is 55.5 Å². The van der Waals surface area contributed by atoms with Gasteiger partial charge in [-0.1, -0.05) is 30.7 Å². The molecular weight excluding hydrogens is 354 g/mol. The molecule has 5 heteroatoms. The molecular formula is C20H24ClNO2S. The van der Waals surface area contributed by atoms with E-state index in [2.05, 4.69) is 31.3 Å². The first kappa shape index (κ1) is 18.4. The molecule has 25 heavy (non-hydrogen) atoms. The summed E-state index contributed by atoms with van der Waals surface area (Å²) >= 11 is 7.62. The van der Waals surface area contributed by atoms with Crippen molar-refractivity contribution < 1.29 is 9.53 Å². The molecule has 1 fully saturated rings. The smallest absolute Gasteiger partial charge is 0.261 e. The van der Waals surface area contributed by atoms with Crippen LogP contribution in [0.25, 0.3) is 0 Å². The number of carbonyl (C=O) groups excluding carboxylic acids is 1. The molecule has 1 aliphatic heterocycles. The van der Waals surface area contributed by atoms with E-state index in [-0.39, 0.29) is 11.3 Å². The predicted octanol–water partition coefficient (Wildman–Crippen LogP) is 4.75. The summed E-state index contributed by atoms with van der Waals surface area (Å²) in [6.07, 6.45) is 2.76. The average molecular weight is 378 g/mol. The number of aryl methyl sites for hydroxylation is 2. The lowest BCUT2D eigenvalue weighted by Gasteiger charge is -2.38. The Morgan fingerprint density at radius 3 is 2.56 bits per heavy atom. The van der Waals surface area contributed by atoms with Gasteiger partial charge in [0.05, 0.1) is 4.88 Å². The molecule has 3 nitrogen and oxygen atoms in total. The van der Waals surface area contributed by atoms with Crippen LogP contribution in [-0.2, 0) is 16.6 Å². The van der Waals surface area contributed by atoms with Crippen molar-refractivity contribution >= 4 is 28.8 Å². The average Bonchev–Trinajstić information content (AvgIpc) is 3.02. The van der Waals surface area contributed by atoms with E-state index in [9.17, 15) is 4.79 Å². The molecule has 3 rings (SSSR count). The van der Waals surface area contributed by atoms with Gasteiger partial charge in [0.1, 0.15) is 0 Å². The maximum atomic E-state index is 12.6. The van der Waals surface area contributed by atoms with Gasteiger partial charge in [0.15, 0.2) is 0 Å². The van der Waals surface area contributed by atoms with Crippen molar-refractivity contribution in [3.63, 3.8) is 0 Å². The SMILES string of the molecule is CCc1cc(C(=O)NCC2(c3ccc(Cl)cc3)CCOCC2)sc1C. The first-order chi connectivity index (χ1) is 12.0. The van der Waals surface area contributed by atoms with Crippen molar-refractivity contribution in [3.8, 4) is 0 Å². The zero-order valence-electron chi connectivity index (χ0n) is 14.7. The first-order valence-electron chi connectivity index (χ1n) is 8.75. The van der Waals surface area contributed by atoms with Gasteiger partial charge in [-0.15, -0.1) is 11.3 Å². The number of halogens is 1. The Kier molecular flexibility index (Phi) is 5.82. The van der Waals surface area contributed by atoms with Crippen LogP contribution in [0.1, 0.15) is 45.4 Å². The number of thiophene rings is 1. The molecule has 0 atom stereocenters. The van der Waals surface area contributed by atoms with E-state index in [1.807, 2.05) is 18.2 Å². The molecule has 134 valence electrons. The Morgan fingerprint density at radius 1 is 1.28 bits per heavy atom. The Labute approximate surface area is 158 Å². The van der Waals surface area contributed by atoms with Gasteiger partial charge in [0.2, 0.25) is 0 Å². The number of ether oxygens (including phenoxy) is 1. The van der Waals surface area contributed by atoms with Crippen LogP contribution in [-0.4, -0.2) is 25.7 Å². The highest BCUT2D eigenvalue weighted by atomic mass is 35.5. The summed E-state index contributed by atoms with van der Waals surface area (Å²) in [7, 11) is 0. The molecule has 0 radical (unpaired) electrons. The minimum absolute atomic E-state index is 0.0210. The van der Waals surface area contributed by atoms with Gasteiger partial charge in [-0.25, -0.2) is 0 Å². The molecule has 1 aromatic carbocycles. The second-order valence-corrected chi connectivity index (χ2v) is 8.32. The van der Waals surface area contributed by atoms with E-state index >= 15 is 0 Å². The molecule has 0 spiro atoms. The van der Waals surface area contributed by atoms with E-state index in [1.165, 1.54) is 16.0 Å². The summed E-state index contributed by atoms with van der Waals surface area (Å²) in [6.45, 7) is 6.25. The maximum absolute atomic E-state index is 12.6. The monoisotopic (exact) mass is 377 g/mol. The molecule has 0 unspecified atom stereocenters. The second kappa shape index (κ2) is 7.90. The zero-order chi connectivity index (χ0) is 17.9. The lowest BCUT2D eigenvalue weighted by Crippen LogP contribution is -2.44. The summed E-state index contributed by atoms with van der Waals surface area (Å²) < 4.78 is 5.56. The van der Waals surface area contributed by atoms with E-state index in [1.54, 1.807) is 11.3 Å². The molecule has 2 aromatic rings. The van der Waals surface area contributed by atoms with Crippen LogP contribution in [0.3, 0.4) is 0 Å². The fourth-order valence-electron chi connectivity index (χ4n) is 3.45. The minimum Gasteiger partial charge on any atom is -0.381 e. The van der Waals surface area contributed by atoms with Crippen molar-refractivity contribution in [3.05, 3.63) is 56.2 Å². The third kappa shape index (κ3) is 4.08.